The molecule has 2 aromatic rings. The van der Waals surface area contributed by atoms with Crippen molar-refractivity contribution in [2.75, 3.05) is 0 Å². The van der Waals surface area contributed by atoms with Gasteiger partial charge in [0, 0.05) is 16.0 Å². The number of H-pyrrole nitrogens is 1. The van der Waals surface area contributed by atoms with E-state index in [1.54, 1.807) is 18.5 Å². The van der Waals surface area contributed by atoms with Crippen LogP contribution in [0, 0.1) is 3.57 Å². The zero-order chi connectivity index (χ0) is 12.3. The molecule has 88 valence electrons. The Bertz CT molecular complexity index is 509. The SMILES string of the molecule is C[C@@H](NC(=O)c1cc(I)c[nH]1)c1ccccn1. The molecule has 0 unspecified atom stereocenters. The number of carbonyl (C=O) groups excluding carboxylic acids is 1. The molecular formula is C12H12IN3O. The van der Waals surface area contributed by atoms with Gasteiger partial charge in [0.05, 0.1) is 11.7 Å². The average Bonchev–Trinajstić information content (AvgIpc) is 2.77. The van der Waals surface area contributed by atoms with E-state index >= 15 is 0 Å². The molecule has 0 spiro atoms. The number of nitrogens with zero attached hydrogens (tertiary/aromatic N) is 1. The molecular weight excluding hydrogens is 329 g/mol. The first-order valence-electron chi connectivity index (χ1n) is 5.22. The summed E-state index contributed by atoms with van der Waals surface area (Å²) in [5, 5.41) is 2.89. The molecule has 0 fully saturated rings. The van der Waals surface area contributed by atoms with Gasteiger partial charge in [0.25, 0.3) is 5.91 Å². The van der Waals surface area contributed by atoms with Crippen molar-refractivity contribution in [1.29, 1.82) is 0 Å². The summed E-state index contributed by atoms with van der Waals surface area (Å²) in [4.78, 5) is 19.0. The monoisotopic (exact) mass is 341 g/mol. The minimum absolute atomic E-state index is 0.107. The van der Waals surface area contributed by atoms with Crippen molar-refractivity contribution < 1.29 is 4.79 Å². The lowest BCUT2D eigenvalue weighted by molar-refractivity contribution is 0.0934. The number of halogens is 1. The van der Waals surface area contributed by atoms with Crippen LogP contribution in [-0.4, -0.2) is 15.9 Å². The van der Waals surface area contributed by atoms with E-state index in [0.29, 0.717) is 5.69 Å². The van der Waals surface area contributed by atoms with Crippen molar-refractivity contribution in [2.24, 2.45) is 0 Å². The van der Waals surface area contributed by atoms with Crippen molar-refractivity contribution in [3.63, 3.8) is 0 Å². The number of aromatic nitrogens is 2. The summed E-state index contributed by atoms with van der Waals surface area (Å²) in [5.41, 5.74) is 1.42. The fourth-order valence-corrected chi connectivity index (χ4v) is 1.95. The third kappa shape index (κ3) is 3.06. The second-order valence-electron chi connectivity index (χ2n) is 3.68. The Balaban J connectivity index is 2.04. The van der Waals surface area contributed by atoms with Gasteiger partial charge >= 0.3 is 0 Å². The summed E-state index contributed by atoms with van der Waals surface area (Å²) in [5.74, 6) is -0.119. The van der Waals surface area contributed by atoms with E-state index in [-0.39, 0.29) is 11.9 Å². The summed E-state index contributed by atoms with van der Waals surface area (Å²) in [6, 6.07) is 7.35. The van der Waals surface area contributed by atoms with Crippen LogP contribution in [0.2, 0.25) is 0 Å². The second kappa shape index (κ2) is 5.31. The highest BCUT2D eigenvalue weighted by Gasteiger charge is 2.13. The maximum Gasteiger partial charge on any atom is 0.268 e. The topological polar surface area (TPSA) is 57.8 Å². The number of amides is 1. The summed E-state index contributed by atoms with van der Waals surface area (Å²) in [6.45, 7) is 1.91. The second-order valence-corrected chi connectivity index (χ2v) is 4.93. The van der Waals surface area contributed by atoms with Gasteiger partial charge in [0.15, 0.2) is 0 Å². The predicted octanol–water partition coefficient (Wildman–Crippen LogP) is 2.51. The van der Waals surface area contributed by atoms with Crippen LogP contribution in [0.25, 0.3) is 0 Å². The Kier molecular flexibility index (Phi) is 3.78. The number of hydrogen-bond acceptors (Lipinski definition) is 2. The van der Waals surface area contributed by atoms with Crippen molar-refractivity contribution in [3.05, 3.63) is 51.6 Å². The van der Waals surface area contributed by atoms with E-state index < -0.39 is 0 Å². The molecule has 2 heterocycles. The van der Waals surface area contributed by atoms with Gasteiger partial charge in [-0.05, 0) is 47.7 Å². The Hall–Kier alpha value is -1.37. The molecule has 1 amide bonds. The van der Waals surface area contributed by atoms with Gasteiger partial charge in [0.1, 0.15) is 5.69 Å². The first-order valence-corrected chi connectivity index (χ1v) is 6.30. The quantitative estimate of drug-likeness (QED) is 0.843. The first-order chi connectivity index (χ1) is 8.16. The Morgan fingerprint density at radius 3 is 2.94 bits per heavy atom. The lowest BCUT2D eigenvalue weighted by Crippen LogP contribution is -2.27. The minimum atomic E-state index is -0.119. The van der Waals surface area contributed by atoms with Crippen molar-refractivity contribution >= 4 is 28.5 Å². The normalized spacial score (nSPS) is 12.1. The van der Waals surface area contributed by atoms with E-state index in [0.717, 1.165) is 9.26 Å². The minimum Gasteiger partial charge on any atom is -0.356 e. The summed E-state index contributed by atoms with van der Waals surface area (Å²) >= 11 is 2.16. The summed E-state index contributed by atoms with van der Waals surface area (Å²) in [6.07, 6.45) is 3.51. The molecule has 2 rings (SSSR count). The van der Waals surface area contributed by atoms with Gasteiger partial charge in [-0.15, -0.1) is 0 Å². The number of nitrogens with one attached hydrogen (secondary N) is 2. The summed E-state index contributed by atoms with van der Waals surface area (Å²) < 4.78 is 1.01. The Labute approximate surface area is 113 Å². The van der Waals surface area contributed by atoms with Gasteiger partial charge in [0.2, 0.25) is 0 Å². The summed E-state index contributed by atoms with van der Waals surface area (Å²) in [7, 11) is 0. The number of pyridine rings is 1. The van der Waals surface area contributed by atoms with Crippen molar-refractivity contribution in [2.45, 2.75) is 13.0 Å². The van der Waals surface area contributed by atoms with Crippen LogP contribution in [-0.2, 0) is 0 Å². The van der Waals surface area contributed by atoms with Crippen LogP contribution in [0.5, 0.6) is 0 Å². The molecule has 0 aliphatic heterocycles. The van der Waals surface area contributed by atoms with E-state index in [1.165, 1.54) is 0 Å². The van der Waals surface area contributed by atoms with Gasteiger partial charge in [-0.2, -0.15) is 0 Å². The van der Waals surface area contributed by atoms with Crippen molar-refractivity contribution in [1.82, 2.24) is 15.3 Å². The molecule has 5 heteroatoms. The average molecular weight is 341 g/mol. The van der Waals surface area contributed by atoms with Crippen LogP contribution in [0.1, 0.15) is 29.1 Å². The standard InChI is InChI=1S/C12H12IN3O/c1-8(10-4-2-3-5-14-10)16-12(17)11-6-9(13)7-15-11/h2-8,15H,1H3,(H,16,17)/t8-/m1/s1. The van der Waals surface area contributed by atoms with E-state index in [1.807, 2.05) is 25.1 Å². The highest BCUT2D eigenvalue weighted by atomic mass is 127. The molecule has 0 bridgehead atoms. The van der Waals surface area contributed by atoms with Crippen LogP contribution >= 0.6 is 22.6 Å². The highest BCUT2D eigenvalue weighted by Crippen LogP contribution is 2.10. The maximum absolute atomic E-state index is 11.9. The van der Waals surface area contributed by atoms with Crippen LogP contribution in [0.15, 0.2) is 36.7 Å². The molecule has 0 saturated carbocycles. The molecule has 2 N–H and O–H groups in total. The van der Waals surface area contributed by atoms with Gasteiger partial charge in [-0.3, -0.25) is 9.78 Å². The lowest BCUT2D eigenvalue weighted by atomic mass is 10.2. The fourth-order valence-electron chi connectivity index (χ4n) is 1.48. The zero-order valence-electron chi connectivity index (χ0n) is 9.27. The third-order valence-corrected chi connectivity index (χ3v) is 2.99. The van der Waals surface area contributed by atoms with Crippen LogP contribution in [0.4, 0.5) is 0 Å². The number of carbonyl (C=O) groups is 1. The number of aromatic amines is 1. The zero-order valence-corrected chi connectivity index (χ0v) is 11.4. The molecule has 0 radical (unpaired) electrons. The largest absolute Gasteiger partial charge is 0.356 e. The first kappa shape index (κ1) is 12.1. The molecule has 17 heavy (non-hydrogen) atoms. The number of hydrogen-bond donors (Lipinski definition) is 2. The molecule has 0 saturated heterocycles. The third-order valence-electron chi connectivity index (χ3n) is 2.37. The van der Waals surface area contributed by atoms with Crippen molar-refractivity contribution in [3.8, 4) is 0 Å². The van der Waals surface area contributed by atoms with Gasteiger partial charge < -0.3 is 10.3 Å². The molecule has 2 aromatic heterocycles. The van der Waals surface area contributed by atoms with Crippen LogP contribution in [0.3, 0.4) is 0 Å². The smallest absolute Gasteiger partial charge is 0.268 e. The maximum atomic E-state index is 11.9. The fraction of sp³-hybridized carbons (Fsp3) is 0.167. The highest BCUT2D eigenvalue weighted by molar-refractivity contribution is 14.1. The molecule has 1 atom stereocenters. The number of rotatable bonds is 3. The molecule has 4 nitrogen and oxygen atoms in total. The molecule has 0 aromatic carbocycles. The van der Waals surface area contributed by atoms with Gasteiger partial charge in [-0.25, -0.2) is 0 Å². The lowest BCUT2D eigenvalue weighted by Gasteiger charge is -2.12. The van der Waals surface area contributed by atoms with E-state index in [2.05, 4.69) is 37.9 Å². The predicted molar refractivity (Wildman–Crippen MR) is 73.6 cm³/mol. The van der Waals surface area contributed by atoms with Crippen LogP contribution < -0.4 is 5.32 Å². The Morgan fingerprint density at radius 2 is 2.35 bits per heavy atom. The van der Waals surface area contributed by atoms with Gasteiger partial charge in [-0.1, -0.05) is 6.07 Å². The van der Waals surface area contributed by atoms with E-state index in [9.17, 15) is 4.79 Å². The molecule has 0 aliphatic rings. The van der Waals surface area contributed by atoms with E-state index in [4.69, 9.17) is 0 Å². The Morgan fingerprint density at radius 1 is 1.53 bits per heavy atom. The molecule has 0 aliphatic carbocycles.